The highest BCUT2D eigenvalue weighted by Gasteiger charge is 2.24. The first-order valence-electron chi connectivity index (χ1n) is 7.33. The number of hydrogen-bond acceptors (Lipinski definition) is 5. The summed E-state index contributed by atoms with van der Waals surface area (Å²) >= 11 is 6.19. The maximum Gasteiger partial charge on any atom is 0.409 e. The van der Waals surface area contributed by atoms with E-state index in [9.17, 15) is 4.79 Å². The molecule has 1 saturated heterocycles. The van der Waals surface area contributed by atoms with Gasteiger partial charge in [0.1, 0.15) is 17.3 Å². The molecule has 2 heterocycles. The Bertz CT molecular complexity index is 490. The van der Waals surface area contributed by atoms with Crippen molar-refractivity contribution in [3.8, 4) is 0 Å². The van der Waals surface area contributed by atoms with Gasteiger partial charge in [0, 0.05) is 31.7 Å². The summed E-state index contributed by atoms with van der Waals surface area (Å²) in [7, 11) is 0. The predicted molar refractivity (Wildman–Crippen MR) is 81.8 cm³/mol. The molecule has 1 fully saturated rings. The highest BCUT2D eigenvalue weighted by molar-refractivity contribution is 6.30. The molecular weight excluding hydrogens is 292 g/mol. The molecule has 0 N–H and O–H groups in total. The van der Waals surface area contributed by atoms with Crippen molar-refractivity contribution in [3.63, 3.8) is 0 Å². The number of hydrogen-bond donors (Lipinski definition) is 0. The summed E-state index contributed by atoms with van der Waals surface area (Å²) in [5, 5.41) is 0.523. The van der Waals surface area contributed by atoms with Crippen LogP contribution in [0.4, 0.5) is 10.6 Å². The number of nitrogens with zero attached hydrogens (tertiary/aromatic N) is 4. The fourth-order valence-electron chi connectivity index (χ4n) is 2.44. The lowest BCUT2D eigenvalue weighted by Gasteiger charge is -2.35. The van der Waals surface area contributed by atoms with Gasteiger partial charge in [0.2, 0.25) is 0 Å². The first-order chi connectivity index (χ1) is 10.2. The van der Waals surface area contributed by atoms with Crippen molar-refractivity contribution in [1.82, 2.24) is 14.9 Å². The Hall–Kier alpha value is -1.56. The van der Waals surface area contributed by atoms with Gasteiger partial charge in [0.15, 0.2) is 0 Å². The highest BCUT2D eigenvalue weighted by Crippen LogP contribution is 2.25. The van der Waals surface area contributed by atoms with E-state index in [1.165, 1.54) is 6.33 Å². The standard InChI is InChI=1S/C14H21ClN4O2/c1-3-5-11-12(15)16-10-17-13(11)18-6-8-19(9-7-18)14(20)21-4-2/h10H,3-9H2,1-2H3. The van der Waals surface area contributed by atoms with Crippen LogP contribution in [0.5, 0.6) is 0 Å². The third-order valence-electron chi connectivity index (χ3n) is 3.48. The monoisotopic (exact) mass is 312 g/mol. The fourth-order valence-corrected chi connectivity index (χ4v) is 2.66. The molecule has 2 rings (SSSR count). The minimum atomic E-state index is -0.244. The maximum absolute atomic E-state index is 11.7. The van der Waals surface area contributed by atoms with E-state index in [2.05, 4.69) is 21.8 Å². The van der Waals surface area contributed by atoms with Crippen LogP contribution in [0.2, 0.25) is 5.15 Å². The van der Waals surface area contributed by atoms with Crippen LogP contribution in [0.15, 0.2) is 6.33 Å². The molecular formula is C14H21ClN4O2. The van der Waals surface area contributed by atoms with Crippen molar-refractivity contribution in [2.45, 2.75) is 26.7 Å². The summed E-state index contributed by atoms with van der Waals surface area (Å²) in [6.07, 6.45) is 3.09. The van der Waals surface area contributed by atoms with E-state index in [1.54, 1.807) is 4.90 Å². The van der Waals surface area contributed by atoms with E-state index in [-0.39, 0.29) is 6.09 Å². The van der Waals surface area contributed by atoms with Gasteiger partial charge in [-0.05, 0) is 13.3 Å². The average Bonchev–Trinajstić information content (AvgIpc) is 2.50. The molecule has 1 aromatic rings. The number of anilines is 1. The normalized spacial score (nSPS) is 15.2. The summed E-state index contributed by atoms with van der Waals surface area (Å²) in [4.78, 5) is 24.0. The van der Waals surface area contributed by atoms with Gasteiger partial charge in [-0.25, -0.2) is 14.8 Å². The molecule has 1 aliphatic rings. The average molecular weight is 313 g/mol. The van der Waals surface area contributed by atoms with Crippen molar-refractivity contribution < 1.29 is 9.53 Å². The molecule has 0 bridgehead atoms. The van der Waals surface area contributed by atoms with Crippen molar-refractivity contribution >= 4 is 23.5 Å². The Morgan fingerprint density at radius 1 is 1.29 bits per heavy atom. The zero-order valence-corrected chi connectivity index (χ0v) is 13.3. The van der Waals surface area contributed by atoms with Gasteiger partial charge >= 0.3 is 6.09 Å². The van der Waals surface area contributed by atoms with Crippen LogP contribution in [0, 0.1) is 0 Å². The smallest absolute Gasteiger partial charge is 0.409 e. The molecule has 21 heavy (non-hydrogen) atoms. The summed E-state index contributed by atoms with van der Waals surface area (Å²) in [5.74, 6) is 0.889. The molecule has 6 nitrogen and oxygen atoms in total. The maximum atomic E-state index is 11.7. The van der Waals surface area contributed by atoms with Crippen LogP contribution >= 0.6 is 11.6 Å². The lowest BCUT2D eigenvalue weighted by Crippen LogP contribution is -2.49. The Labute approximate surface area is 130 Å². The SMILES string of the molecule is CCCc1c(Cl)ncnc1N1CCN(C(=O)OCC)CC1. The second-order valence-corrected chi connectivity index (χ2v) is 5.25. The molecule has 0 radical (unpaired) electrons. The van der Waals surface area contributed by atoms with E-state index in [0.717, 1.165) is 37.3 Å². The Kier molecular flexibility index (Phi) is 5.61. The summed E-state index contributed by atoms with van der Waals surface area (Å²) in [6, 6.07) is 0. The molecule has 0 aliphatic carbocycles. The van der Waals surface area contributed by atoms with Crippen LogP contribution in [0.25, 0.3) is 0 Å². The van der Waals surface area contributed by atoms with Crippen LogP contribution in [0.1, 0.15) is 25.8 Å². The van der Waals surface area contributed by atoms with Crippen molar-refractivity contribution in [1.29, 1.82) is 0 Å². The van der Waals surface area contributed by atoms with Crippen LogP contribution < -0.4 is 4.90 Å². The van der Waals surface area contributed by atoms with E-state index < -0.39 is 0 Å². The van der Waals surface area contributed by atoms with Crippen molar-refractivity contribution in [3.05, 3.63) is 17.0 Å². The first-order valence-corrected chi connectivity index (χ1v) is 7.71. The molecule has 1 aromatic heterocycles. The third-order valence-corrected chi connectivity index (χ3v) is 3.80. The van der Waals surface area contributed by atoms with Crippen molar-refractivity contribution in [2.24, 2.45) is 0 Å². The highest BCUT2D eigenvalue weighted by atomic mass is 35.5. The van der Waals surface area contributed by atoms with Gasteiger partial charge in [0.05, 0.1) is 6.61 Å². The number of halogens is 1. The number of carbonyl (C=O) groups excluding carboxylic acids is 1. The lowest BCUT2D eigenvalue weighted by molar-refractivity contribution is 0.105. The van der Waals surface area contributed by atoms with Crippen molar-refractivity contribution in [2.75, 3.05) is 37.7 Å². The molecule has 0 saturated carbocycles. The topological polar surface area (TPSA) is 58.6 Å². The Balaban J connectivity index is 2.05. The second kappa shape index (κ2) is 7.45. The van der Waals surface area contributed by atoms with E-state index in [0.29, 0.717) is 24.8 Å². The zero-order chi connectivity index (χ0) is 15.2. The molecule has 0 unspecified atom stereocenters. The minimum absolute atomic E-state index is 0.244. The van der Waals surface area contributed by atoms with E-state index >= 15 is 0 Å². The molecule has 0 aromatic carbocycles. The van der Waals surface area contributed by atoms with Gasteiger partial charge in [-0.2, -0.15) is 0 Å². The van der Waals surface area contributed by atoms with Gasteiger partial charge in [-0.3, -0.25) is 0 Å². The third kappa shape index (κ3) is 3.75. The summed E-state index contributed by atoms with van der Waals surface area (Å²) < 4.78 is 5.03. The minimum Gasteiger partial charge on any atom is -0.450 e. The van der Waals surface area contributed by atoms with E-state index in [1.807, 2.05) is 6.92 Å². The Morgan fingerprint density at radius 3 is 2.62 bits per heavy atom. The van der Waals surface area contributed by atoms with Gasteiger partial charge in [-0.15, -0.1) is 0 Å². The molecule has 116 valence electrons. The number of ether oxygens (including phenoxy) is 1. The summed E-state index contributed by atoms with van der Waals surface area (Å²) in [5.41, 5.74) is 0.992. The molecule has 1 aliphatic heterocycles. The molecule has 7 heteroatoms. The molecule has 0 spiro atoms. The number of piperazine rings is 1. The van der Waals surface area contributed by atoms with Crippen LogP contribution in [0.3, 0.4) is 0 Å². The zero-order valence-electron chi connectivity index (χ0n) is 12.5. The number of rotatable bonds is 4. The van der Waals surface area contributed by atoms with E-state index in [4.69, 9.17) is 16.3 Å². The van der Waals surface area contributed by atoms with Gasteiger partial charge < -0.3 is 14.5 Å². The summed E-state index contributed by atoms with van der Waals surface area (Å²) in [6.45, 7) is 7.03. The number of aromatic nitrogens is 2. The predicted octanol–water partition coefficient (Wildman–Crippen LogP) is 2.36. The second-order valence-electron chi connectivity index (χ2n) is 4.89. The van der Waals surface area contributed by atoms with Crippen LogP contribution in [-0.4, -0.2) is 53.7 Å². The fraction of sp³-hybridized carbons (Fsp3) is 0.643. The molecule has 0 atom stereocenters. The molecule has 1 amide bonds. The van der Waals surface area contributed by atoms with Gasteiger partial charge in [-0.1, -0.05) is 24.9 Å². The quantitative estimate of drug-likeness (QED) is 0.799. The largest absolute Gasteiger partial charge is 0.450 e. The van der Waals surface area contributed by atoms with Crippen LogP contribution in [-0.2, 0) is 11.2 Å². The number of amides is 1. The lowest BCUT2D eigenvalue weighted by atomic mass is 10.1. The first kappa shape index (κ1) is 15.8. The van der Waals surface area contributed by atoms with Gasteiger partial charge in [0.25, 0.3) is 0 Å². The number of carbonyl (C=O) groups is 1. The Morgan fingerprint density at radius 2 is 2.00 bits per heavy atom.